The number of nitrogens with one attached hydrogen (secondary N) is 1. The Morgan fingerprint density at radius 2 is 1.92 bits per heavy atom. The van der Waals surface area contributed by atoms with Crippen LogP contribution in [-0.2, 0) is 10.0 Å². The largest absolute Gasteiger partial charge is 0.495 e. The Morgan fingerprint density at radius 3 is 2.58 bits per heavy atom. The van der Waals surface area contributed by atoms with Crippen LogP contribution in [0.25, 0.3) is 11.3 Å². The van der Waals surface area contributed by atoms with E-state index < -0.39 is 10.0 Å². The van der Waals surface area contributed by atoms with Crippen molar-refractivity contribution in [3.63, 3.8) is 0 Å². The maximum absolute atomic E-state index is 12.5. The monoisotopic (exact) mass is 380 g/mol. The molecule has 2 aromatic carbocycles. The molecule has 1 heterocycles. The van der Waals surface area contributed by atoms with Gasteiger partial charge < -0.3 is 4.74 Å². The molecular weight excluding hydrogens is 368 g/mol. The number of anilines is 1. The average Bonchev–Trinajstić information content (AvgIpc) is 3.03. The van der Waals surface area contributed by atoms with E-state index in [0.717, 1.165) is 5.56 Å². The maximum atomic E-state index is 12.5. The van der Waals surface area contributed by atoms with Crippen molar-refractivity contribution in [3.8, 4) is 17.0 Å². The van der Waals surface area contributed by atoms with Gasteiger partial charge >= 0.3 is 0 Å². The summed E-state index contributed by atoms with van der Waals surface area (Å²) in [7, 11) is -2.31. The molecule has 0 fully saturated rings. The molecule has 1 N–H and O–H groups in total. The van der Waals surface area contributed by atoms with Crippen molar-refractivity contribution >= 4 is 38.1 Å². The lowest BCUT2D eigenvalue weighted by Crippen LogP contribution is -2.12. The standard InChI is InChI=1S/C16H13ClN2O3S2/c1-22-15-8-7-12(9-13(15)17)24(20,21)19-16-18-14(10-23-16)11-5-3-2-4-6-11/h2-10H,1H3,(H,18,19). The van der Waals surface area contributed by atoms with Crippen LogP contribution in [-0.4, -0.2) is 20.5 Å². The van der Waals surface area contributed by atoms with Crippen LogP contribution in [0.4, 0.5) is 5.13 Å². The molecule has 3 aromatic rings. The van der Waals surface area contributed by atoms with E-state index in [1.54, 1.807) is 5.38 Å². The summed E-state index contributed by atoms with van der Waals surface area (Å²) in [6.07, 6.45) is 0. The molecule has 0 aliphatic carbocycles. The molecule has 0 atom stereocenters. The number of aromatic nitrogens is 1. The van der Waals surface area contributed by atoms with Crippen molar-refractivity contribution in [2.75, 3.05) is 11.8 Å². The van der Waals surface area contributed by atoms with Gasteiger partial charge in [-0.1, -0.05) is 41.9 Å². The van der Waals surface area contributed by atoms with Gasteiger partial charge in [-0.2, -0.15) is 0 Å². The number of ether oxygens (including phenoxy) is 1. The number of hydrogen-bond donors (Lipinski definition) is 1. The molecular formula is C16H13ClN2O3S2. The van der Waals surface area contributed by atoms with Crippen molar-refractivity contribution < 1.29 is 13.2 Å². The van der Waals surface area contributed by atoms with Gasteiger partial charge in [-0.3, -0.25) is 4.72 Å². The fourth-order valence-corrected chi connectivity index (χ4v) is 4.37. The number of benzene rings is 2. The zero-order valence-electron chi connectivity index (χ0n) is 12.6. The quantitative estimate of drug-likeness (QED) is 0.717. The summed E-state index contributed by atoms with van der Waals surface area (Å²) in [4.78, 5) is 4.36. The smallest absolute Gasteiger partial charge is 0.263 e. The van der Waals surface area contributed by atoms with Crippen LogP contribution in [0.1, 0.15) is 0 Å². The first kappa shape index (κ1) is 16.8. The fourth-order valence-electron chi connectivity index (χ4n) is 2.05. The second-order valence-electron chi connectivity index (χ2n) is 4.81. The van der Waals surface area contributed by atoms with E-state index in [-0.39, 0.29) is 9.92 Å². The minimum atomic E-state index is -3.77. The topological polar surface area (TPSA) is 68.3 Å². The van der Waals surface area contributed by atoms with E-state index in [4.69, 9.17) is 16.3 Å². The van der Waals surface area contributed by atoms with Gasteiger partial charge in [0, 0.05) is 10.9 Å². The van der Waals surface area contributed by atoms with Crippen LogP contribution in [0, 0.1) is 0 Å². The zero-order valence-corrected chi connectivity index (χ0v) is 15.0. The molecule has 124 valence electrons. The Kier molecular flexibility index (Phi) is 4.75. The Hall–Kier alpha value is -2.09. The fraction of sp³-hybridized carbons (Fsp3) is 0.0625. The van der Waals surface area contributed by atoms with E-state index >= 15 is 0 Å². The highest BCUT2D eigenvalue weighted by Gasteiger charge is 2.18. The molecule has 0 unspecified atom stereocenters. The molecule has 3 rings (SSSR count). The van der Waals surface area contributed by atoms with Crippen molar-refractivity contribution in [2.24, 2.45) is 0 Å². The molecule has 5 nitrogen and oxygen atoms in total. The number of thiazole rings is 1. The first-order valence-corrected chi connectivity index (χ1v) is 9.61. The predicted octanol–water partition coefficient (Wildman–Crippen LogP) is 4.27. The summed E-state index contributed by atoms with van der Waals surface area (Å²) in [5, 5.41) is 2.32. The average molecular weight is 381 g/mol. The molecule has 0 bridgehead atoms. The first-order chi connectivity index (χ1) is 11.5. The van der Waals surface area contributed by atoms with Gasteiger partial charge in [0.05, 0.1) is 22.7 Å². The van der Waals surface area contributed by atoms with Crippen molar-refractivity contribution in [3.05, 3.63) is 58.9 Å². The molecule has 0 amide bonds. The number of sulfonamides is 1. The van der Waals surface area contributed by atoms with Gasteiger partial charge in [0.25, 0.3) is 10.0 Å². The molecule has 8 heteroatoms. The van der Waals surface area contributed by atoms with E-state index in [9.17, 15) is 8.42 Å². The second kappa shape index (κ2) is 6.80. The highest BCUT2D eigenvalue weighted by atomic mass is 35.5. The Labute approximate surface area is 148 Å². The highest BCUT2D eigenvalue weighted by Crippen LogP contribution is 2.29. The van der Waals surface area contributed by atoms with E-state index in [2.05, 4.69) is 9.71 Å². The summed E-state index contributed by atoms with van der Waals surface area (Å²) in [6.45, 7) is 0. The third kappa shape index (κ3) is 3.53. The van der Waals surface area contributed by atoms with E-state index in [0.29, 0.717) is 16.6 Å². The maximum Gasteiger partial charge on any atom is 0.263 e. The van der Waals surface area contributed by atoms with Gasteiger partial charge in [-0.05, 0) is 18.2 Å². The van der Waals surface area contributed by atoms with Crippen molar-refractivity contribution in [1.82, 2.24) is 4.98 Å². The summed E-state index contributed by atoms with van der Waals surface area (Å²) < 4.78 is 32.4. The summed E-state index contributed by atoms with van der Waals surface area (Å²) in [5.41, 5.74) is 1.64. The summed E-state index contributed by atoms with van der Waals surface area (Å²) in [5.74, 6) is 0.413. The van der Waals surface area contributed by atoms with Crippen LogP contribution < -0.4 is 9.46 Å². The molecule has 0 aliphatic heterocycles. The molecule has 0 radical (unpaired) electrons. The minimum Gasteiger partial charge on any atom is -0.495 e. The molecule has 0 saturated heterocycles. The van der Waals surface area contributed by atoms with Crippen LogP contribution in [0.5, 0.6) is 5.75 Å². The lowest BCUT2D eigenvalue weighted by atomic mass is 10.2. The molecule has 0 saturated carbocycles. The lowest BCUT2D eigenvalue weighted by molar-refractivity contribution is 0.414. The lowest BCUT2D eigenvalue weighted by Gasteiger charge is -2.07. The highest BCUT2D eigenvalue weighted by molar-refractivity contribution is 7.93. The number of halogens is 1. The third-order valence-electron chi connectivity index (χ3n) is 3.23. The third-order valence-corrected chi connectivity index (χ3v) is 5.75. The Bertz CT molecular complexity index is 956. The Morgan fingerprint density at radius 1 is 1.17 bits per heavy atom. The van der Waals surface area contributed by atoms with Gasteiger partial charge in [-0.15, -0.1) is 11.3 Å². The predicted molar refractivity (Wildman–Crippen MR) is 96.4 cm³/mol. The number of methoxy groups -OCH3 is 1. The normalized spacial score (nSPS) is 11.2. The number of hydrogen-bond acceptors (Lipinski definition) is 5. The summed E-state index contributed by atoms with van der Waals surface area (Å²) in [6, 6.07) is 13.8. The minimum absolute atomic E-state index is 0.0461. The van der Waals surface area contributed by atoms with Crippen LogP contribution in [0.2, 0.25) is 5.02 Å². The van der Waals surface area contributed by atoms with Crippen LogP contribution in [0.15, 0.2) is 58.8 Å². The van der Waals surface area contributed by atoms with Crippen molar-refractivity contribution in [2.45, 2.75) is 4.90 Å². The van der Waals surface area contributed by atoms with E-state index in [1.807, 2.05) is 30.3 Å². The molecule has 1 aromatic heterocycles. The van der Waals surface area contributed by atoms with Gasteiger partial charge in [0.1, 0.15) is 5.75 Å². The number of nitrogens with zero attached hydrogens (tertiary/aromatic N) is 1. The second-order valence-corrected chi connectivity index (χ2v) is 7.75. The Balaban J connectivity index is 1.85. The first-order valence-electron chi connectivity index (χ1n) is 6.87. The summed E-state index contributed by atoms with van der Waals surface area (Å²) >= 11 is 7.21. The number of rotatable bonds is 5. The SMILES string of the molecule is COc1ccc(S(=O)(=O)Nc2nc(-c3ccccc3)cs2)cc1Cl. The zero-order chi connectivity index (χ0) is 17.2. The van der Waals surface area contributed by atoms with Crippen LogP contribution in [0.3, 0.4) is 0 Å². The molecule has 24 heavy (non-hydrogen) atoms. The van der Waals surface area contributed by atoms with Gasteiger partial charge in [0.15, 0.2) is 5.13 Å². The van der Waals surface area contributed by atoms with E-state index in [1.165, 1.54) is 36.6 Å². The van der Waals surface area contributed by atoms with Crippen molar-refractivity contribution in [1.29, 1.82) is 0 Å². The van der Waals surface area contributed by atoms with Gasteiger partial charge in [0.2, 0.25) is 0 Å². The van der Waals surface area contributed by atoms with Gasteiger partial charge in [-0.25, -0.2) is 13.4 Å². The molecule has 0 aliphatic rings. The molecule has 0 spiro atoms. The van der Waals surface area contributed by atoms with Crippen LogP contribution >= 0.6 is 22.9 Å².